The van der Waals surface area contributed by atoms with Gasteiger partial charge >= 0.3 is 12.1 Å². The summed E-state index contributed by atoms with van der Waals surface area (Å²) in [4.78, 5) is 11.2. The van der Waals surface area contributed by atoms with Gasteiger partial charge in [0, 0.05) is 7.05 Å². The molecule has 0 N–H and O–H groups in total. The second-order valence-corrected chi connectivity index (χ2v) is 4.06. The van der Waals surface area contributed by atoms with Crippen LogP contribution in [0.4, 0.5) is 13.2 Å². The Morgan fingerprint density at radius 3 is 2.81 bits per heavy atom. The summed E-state index contributed by atoms with van der Waals surface area (Å²) >= 11 is 0. The fourth-order valence-corrected chi connectivity index (χ4v) is 1.68. The van der Waals surface area contributed by atoms with Crippen molar-refractivity contribution >= 4 is 5.97 Å². The van der Waals surface area contributed by atoms with Gasteiger partial charge in [0.2, 0.25) is 0 Å². The van der Waals surface area contributed by atoms with Gasteiger partial charge in [0.05, 0.1) is 18.9 Å². The molecule has 0 aliphatic rings. The van der Waals surface area contributed by atoms with Gasteiger partial charge in [-0.25, -0.2) is 4.79 Å². The van der Waals surface area contributed by atoms with Crippen molar-refractivity contribution in [3.63, 3.8) is 0 Å². The second kappa shape index (κ2) is 5.51. The van der Waals surface area contributed by atoms with Crippen molar-refractivity contribution in [1.82, 2.24) is 9.78 Å². The summed E-state index contributed by atoms with van der Waals surface area (Å²) in [6.07, 6.45) is -2.48. The first-order valence-corrected chi connectivity index (χ1v) is 5.70. The molecule has 6 nitrogen and oxygen atoms in total. The molecule has 0 saturated carbocycles. The van der Waals surface area contributed by atoms with Crippen molar-refractivity contribution in [2.75, 3.05) is 7.11 Å². The maximum atomic E-state index is 12.8. The molecule has 0 unspecified atom stereocenters. The largest absolute Gasteiger partial charge is 0.482 e. The van der Waals surface area contributed by atoms with E-state index < -0.39 is 23.6 Å². The number of alkyl halides is 3. The van der Waals surface area contributed by atoms with E-state index >= 15 is 0 Å². The normalized spacial score (nSPS) is 11.5. The van der Waals surface area contributed by atoms with E-state index in [1.165, 1.54) is 13.2 Å². The van der Waals surface area contributed by atoms with E-state index in [0.29, 0.717) is 4.68 Å². The van der Waals surface area contributed by atoms with Crippen LogP contribution in [0.15, 0.2) is 22.9 Å². The molecule has 0 aliphatic heterocycles. The number of hydrogen-bond acceptors (Lipinski definition) is 5. The van der Waals surface area contributed by atoms with Gasteiger partial charge in [0.25, 0.3) is 0 Å². The number of furan rings is 1. The minimum atomic E-state index is -4.58. The molecule has 2 aromatic heterocycles. The monoisotopic (exact) mass is 304 g/mol. The SMILES string of the molecule is COC(=O)c1coc(COc2cnn(C)c2C(F)(F)F)c1. The van der Waals surface area contributed by atoms with Crippen LogP contribution in [0.25, 0.3) is 0 Å². The molecule has 0 saturated heterocycles. The highest BCUT2D eigenvalue weighted by Gasteiger charge is 2.38. The van der Waals surface area contributed by atoms with Crippen LogP contribution in [0, 0.1) is 0 Å². The molecular formula is C12H11F3N2O4. The molecule has 21 heavy (non-hydrogen) atoms. The number of ether oxygens (including phenoxy) is 2. The molecule has 0 aliphatic carbocycles. The number of esters is 1. The number of aromatic nitrogens is 2. The molecule has 0 aromatic carbocycles. The molecule has 114 valence electrons. The van der Waals surface area contributed by atoms with E-state index in [4.69, 9.17) is 9.15 Å². The van der Waals surface area contributed by atoms with Gasteiger partial charge in [0.15, 0.2) is 11.4 Å². The highest BCUT2D eigenvalue weighted by molar-refractivity contribution is 5.88. The number of carbonyl (C=O) groups is 1. The smallest absolute Gasteiger partial charge is 0.436 e. The number of rotatable bonds is 4. The summed E-state index contributed by atoms with van der Waals surface area (Å²) in [5.74, 6) is -0.837. The van der Waals surface area contributed by atoms with Gasteiger partial charge in [-0.15, -0.1) is 0 Å². The third-order valence-electron chi connectivity index (χ3n) is 2.62. The number of methoxy groups -OCH3 is 1. The van der Waals surface area contributed by atoms with Crippen molar-refractivity contribution in [1.29, 1.82) is 0 Å². The zero-order chi connectivity index (χ0) is 15.6. The maximum Gasteiger partial charge on any atom is 0.436 e. The van der Waals surface area contributed by atoms with Crippen LogP contribution in [0.5, 0.6) is 5.75 Å². The van der Waals surface area contributed by atoms with Crippen LogP contribution in [0.1, 0.15) is 21.8 Å². The molecule has 2 aromatic rings. The molecular weight excluding hydrogens is 293 g/mol. The Balaban J connectivity index is 2.11. The first-order valence-electron chi connectivity index (χ1n) is 5.70. The molecule has 2 heterocycles. The van der Waals surface area contributed by atoms with Gasteiger partial charge < -0.3 is 13.9 Å². The Morgan fingerprint density at radius 2 is 2.19 bits per heavy atom. The van der Waals surface area contributed by atoms with Gasteiger partial charge in [-0.3, -0.25) is 4.68 Å². The predicted octanol–water partition coefficient (Wildman–Crippen LogP) is 2.40. The lowest BCUT2D eigenvalue weighted by Crippen LogP contribution is -2.13. The quantitative estimate of drug-likeness (QED) is 0.811. The van der Waals surface area contributed by atoms with Crippen LogP contribution >= 0.6 is 0 Å². The van der Waals surface area contributed by atoms with E-state index in [-0.39, 0.29) is 17.9 Å². The standard InChI is InChI=1S/C12H11F3N2O4/c1-17-10(12(13,14)15)9(4-16-17)21-6-8-3-7(5-20-8)11(18)19-2/h3-5H,6H2,1-2H3. The fraction of sp³-hybridized carbons (Fsp3) is 0.333. The second-order valence-electron chi connectivity index (χ2n) is 4.06. The Bertz CT molecular complexity index is 645. The highest BCUT2D eigenvalue weighted by Crippen LogP contribution is 2.35. The number of nitrogens with zero attached hydrogens (tertiary/aromatic N) is 2. The summed E-state index contributed by atoms with van der Waals surface area (Å²) in [6, 6.07) is 1.33. The van der Waals surface area contributed by atoms with Crippen LogP contribution in [0.2, 0.25) is 0 Å². The first-order chi connectivity index (χ1) is 9.82. The zero-order valence-electron chi connectivity index (χ0n) is 11.1. The Hall–Kier alpha value is -2.45. The predicted molar refractivity (Wildman–Crippen MR) is 62.6 cm³/mol. The summed E-state index contributed by atoms with van der Waals surface area (Å²) in [6.45, 7) is -0.272. The topological polar surface area (TPSA) is 66.5 Å². The lowest BCUT2D eigenvalue weighted by Gasteiger charge is -2.09. The van der Waals surface area contributed by atoms with Crippen LogP contribution in [0.3, 0.4) is 0 Å². The summed E-state index contributed by atoms with van der Waals surface area (Å²) in [5, 5.41) is 3.51. The average molecular weight is 304 g/mol. The average Bonchev–Trinajstić information content (AvgIpc) is 3.01. The molecule has 0 atom stereocenters. The van der Waals surface area contributed by atoms with Gasteiger partial charge in [0.1, 0.15) is 18.6 Å². The Labute approximate surface area is 117 Å². The zero-order valence-corrected chi connectivity index (χ0v) is 11.1. The van der Waals surface area contributed by atoms with Crippen molar-refractivity contribution in [3.8, 4) is 5.75 Å². The summed E-state index contributed by atoms with van der Waals surface area (Å²) in [5.41, 5.74) is -0.847. The molecule has 0 radical (unpaired) electrons. The van der Waals surface area contributed by atoms with Crippen LogP contribution < -0.4 is 4.74 Å². The minimum absolute atomic E-state index is 0.151. The van der Waals surface area contributed by atoms with E-state index in [9.17, 15) is 18.0 Å². The van der Waals surface area contributed by atoms with Crippen molar-refractivity contribution < 1.29 is 31.9 Å². The van der Waals surface area contributed by atoms with E-state index in [0.717, 1.165) is 19.5 Å². The molecule has 0 amide bonds. The minimum Gasteiger partial charge on any atom is -0.482 e. The van der Waals surface area contributed by atoms with E-state index in [1.807, 2.05) is 0 Å². The first kappa shape index (κ1) is 14.9. The third-order valence-corrected chi connectivity index (χ3v) is 2.62. The van der Waals surface area contributed by atoms with Crippen molar-refractivity contribution in [3.05, 3.63) is 35.5 Å². The maximum absolute atomic E-state index is 12.8. The van der Waals surface area contributed by atoms with Crippen LogP contribution in [-0.2, 0) is 24.6 Å². The number of aryl methyl sites for hydroxylation is 1. The summed E-state index contributed by atoms with van der Waals surface area (Å²) < 4.78 is 53.6. The number of carbonyl (C=O) groups excluding carboxylic acids is 1. The van der Waals surface area contributed by atoms with Crippen LogP contribution in [-0.4, -0.2) is 22.9 Å². The molecule has 9 heteroatoms. The van der Waals surface area contributed by atoms with Gasteiger partial charge in [-0.05, 0) is 6.07 Å². The van der Waals surface area contributed by atoms with Gasteiger partial charge in [-0.2, -0.15) is 18.3 Å². The van der Waals surface area contributed by atoms with Crippen molar-refractivity contribution in [2.45, 2.75) is 12.8 Å². The van der Waals surface area contributed by atoms with Gasteiger partial charge in [-0.1, -0.05) is 0 Å². The highest BCUT2D eigenvalue weighted by atomic mass is 19.4. The Kier molecular flexibility index (Phi) is 3.92. The van der Waals surface area contributed by atoms with Crippen molar-refractivity contribution in [2.24, 2.45) is 7.05 Å². The lowest BCUT2D eigenvalue weighted by atomic mass is 10.3. The van der Waals surface area contributed by atoms with E-state index in [2.05, 4.69) is 9.84 Å². The molecule has 0 fully saturated rings. The Morgan fingerprint density at radius 1 is 1.48 bits per heavy atom. The summed E-state index contributed by atoms with van der Waals surface area (Å²) in [7, 11) is 2.37. The lowest BCUT2D eigenvalue weighted by molar-refractivity contribution is -0.145. The molecule has 0 bridgehead atoms. The fourth-order valence-electron chi connectivity index (χ4n) is 1.68. The molecule has 0 spiro atoms. The number of hydrogen-bond donors (Lipinski definition) is 0. The number of halogens is 3. The third kappa shape index (κ3) is 3.18. The molecule has 2 rings (SSSR count). The van der Waals surface area contributed by atoms with E-state index in [1.54, 1.807) is 0 Å².